The fraction of sp³-hybridized carbons (Fsp3) is 0.571. The number of nitrogens with two attached hydrogens (primary N) is 1. The molecule has 1 saturated heterocycles. The van der Waals surface area contributed by atoms with Gasteiger partial charge in [-0.05, 0) is 31.5 Å². The first-order valence-electron chi connectivity index (χ1n) is 6.44. The van der Waals surface area contributed by atoms with Crippen LogP contribution in [0.5, 0.6) is 0 Å². The second-order valence-corrected chi connectivity index (χ2v) is 5.65. The van der Waals surface area contributed by atoms with Crippen LogP contribution in [0.2, 0.25) is 0 Å². The van der Waals surface area contributed by atoms with E-state index in [9.17, 15) is 8.78 Å². The van der Waals surface area contributed by atoms with Gasteiger partial charge in [0, 0.05) is 26.2 Å². The Balaban J connectivity index is 2.07. The highest BCUT2D eigenvalue weighted by Gasteiger charge is 2.32. The Bertz CT molecular complexity index is 451. The summed E-state index contributed by atoms with van der Waals surface area (Å²) in [5.74, 6) is -1.62. The average molecular weight is 270 g/mol. The lowest BCUT2D eigenvalue weighted by atomic mass is 10.0. The van der Waals surface area contributed by atoms with Crippen LogP contribution in [-0.2, 0) is 11.3 Å². The van der Waals surface area contributed by atoms with E-state index < -0.39 is 11.6 Å². The fourth-order valence-electron chi connectivity index (χ4n) is 2.56. The Morgan fingerprint density at radius 3 is 2.74 bits per heavy atom. The zero-order chi connectivity index (χ0) is 14.0. The lowest BCUT2D eigenvalue weighted by Crippen LogP contribution is -2.54. The van der Waals surface area contributed by atoms with Gasteiger partial charge in [0.25, 0.3) is 0 Å². The monoisotopic (exact) mass is 270 g/mol. The number of rotatable bonds is 3. The first-order chi connectivity index (χ1) is 8.89. The van der Waals surface area contributed by atoms with Gasteiger partial charge in [-0.25, -0.2) is 8.78 Å². The van der Waals surface area contributed by atoms with E-state index in [1.165, 1.54) is 6.07 Å². The molecule has 106 valence electrons. The fourth-order valence-corrected chi connectivity index (χ4v) is 2.56. The normalized spacial score (nSPS) is 23.5. The highest BCUT2D eigenvalue weighted by molar-refractivity contribution is 5.17. The van der Waals surface area contributed by atoms with Gasteiger partial charge in [-0.15, -0.1) is 0 Å². The molecule has 1 aromatic carbocycles. The van der Waals surface area contributed by atoms with Crippen molar-refractivity contribution < 1.29 is 13.5 Å². The molecule has 19 heavy (non-hydrogen) atoms. The van der Waals surface area contributed by atoms with E-state index in [2.05, 4.69) is 4.90 Å². The molecule has 0 aliphatic carbocycles. The minimum atomic E-state index is -0.814. The van der Waals surface area contributed by atoms with Gasteiger partial charge >= 0.3 is 0 Å². The summed E-state index contributed by atoms with van der Waals surface area (Å²) in [5, 5.41) is 0. The second-order valence-electron chi connectivity index (χ2n) is 5.65. The number of nitrogens with zero attached hydrogens (tertiary/aromatic N) is 1. The molecule has 1 heterocycles. The molecular weight excluding hydrogens is 250 g/mol. The Kier molecular flexibility index (Phi) is 4.18. The van der Waals surface area contributed by atoms with Crippen molar-refractivity contribution in [3.63, 3.8) is 0 Å². The van der Waals surface area contributed by atoms with Crippen molar-refractivity contribution >= 4 is 0 Å². The van der Waals surface area contributed by atoms with Crippen LogP contribution in [0.3, 0.4) is 0 Å². The first-order valence-corrected chi connectivity index (χ1v) is 6.44. The van der Waals surface area contributed by atoms with Gasteiger partial charge in [-0.2, -0.15) is 0 Å². The summed E-state index contributed by atoms with van der Waals surface area (Å²) in [4.78, 5) is 2.16. The molecule has 0 radical (unpaired) electrons. The Morgan fingerprint density at radius 1 is 1.37 bits per heavy atom. The van der Waals surface area contributed by atoms with Gasteiger partial charge in [-0.3, -0.25) is 4.90 Å². The van der Waals surface area contributed by atoms with Crippen molar-refractivity contribution in [1.82, 2.24) is 4.90 Å². The van der Waals surface area contributed by atoms with Crippen LogP contribution in [0.1, 0.15) is 19.4 Å². The van der Waals surface area contributed by atoms with Crippen molar-refractivity contribution in [1.29, 1.82) is 0 Å². The number of benzene rings is 1. The van der Waals surface area contributed by atoms with Crippen LogP contribution in [-0.4, -0.2) is 36.2 Å². The zero-order valence-corrected chi connectivity index (χ0v) is 11.3. The highest BCUT2D eigenvalue weighted by atomic mass is 19.2. The number of hydrogen-bond donors (Lipinski definition) is 1. The third-order valence-electron chi connectivity index (χ3n) is 3.21. The molecule has 1 fully saturated rings. The molecule has 1 aliphatic rings. The summed E-state index contributed by atoms with van der Waals surface area (Å²) >= 11 is 0. The Morgan fingerprint density at radius 2 is 2.11 bits per heavy atom. The van der Waals surface area contributed by atoms with E-state index in [4.69, 9.17) is 10.5 Å². The number of morpholine rings is 1. The maximum atomic E-state index is 13.2. The molecule has 0 aromatic heterocycles. The van der Waals surface area contributed by atoms with Gasteiger partial charge in [0.05, 0.1) is 11.7 Å². The quantitative estimate of drug-likeness (QED) is 0.911. The molecule has 1 aliphatic heterocycles. The molecular formula is C14H20F2N2O. The predicted molar refractivity (Wildman–Crippen MR) is 69.6 cm³/mol. The molecule has 0 amide bonds. The highest BCUT2D eigenvalue weighted by Crippen LogP contribution is 2.22. The smallest absolute Gasteiger partial charge is 0.159 e. The van der Waals surface area contributed by atoms with Crippen molar-refractivity contribution in [2.24, 2.45) is 5.73 Å². The summed E-state index contributed by atoms with van der Waals surface area (Å²) < 4.78 is 31.9. The predicted octanol–water partition coefficient (Wildman–Crippen LogP) is 1.90. The van der Waals surface area contributed by atoms with Gasteiger partial charge < -0.3 is 10.5 Å². The van der Waals surface area contributed by atoms with Crippen molar-refractivity contribution in [2.45, 2.75) is 32.1 Å². The van der Waals surface area contributed by atoms with E-state index in [0.29, 0.717) is 19.6 Å². The summed E-state index contributed by atoms with van der Waals surface area (Å²) in [7, 11) is 0. The molecule has 3 nitrogen and oxygen atoms in total. The largest absolute Gasteiger partial charge is 0.368 e. The molecule has 1 unspecified atom stereocenters. The lowest BCUT2D eigenvalue weighted by Gasteiger charge is -2.42. The number of halogens is 2. The molecule has 0 saturated carbocycles. The Hall–Kier alpha value is -1.04. The second kappa shape index (κ2) is 5.53. The van der Waals surface area contributed by atoms with Crippen LogP contribution in [0.25, 0.3) is 0 Å². The van der Waals surface area contributed by atoms with Crippen molar-refractivity contribution in [3.8, 4) is 0 Å². The summed E-state index contributed by atoms with van der Waals surface area (Å²) in [6, 6.07) is 4.02. The maximum Gasteiger partial charge on any atom is 0.159 e. The molecule has 2 N–H and O–H groups in total. The van der Waals surface area contributed by atoms with Crippen molar-refractivity contribution in [2.75, 3.05) is 19.6 Å². The summed E-state index contributed by atoms with van der Waals surface area (Å²) in [6.07, 6.45) is -0.0194. The van der Waals surface area contributed by atoms with E-state index in [-0.39, 0.29) is 11.7 Å². The van der Waals surface area contributed by atoms with Gasteiger partial charge in [0.2, 0.25) is 0 Å². The topological polar surface area (TPSA) is 38.5 Å². The zero-order valence-electron chi connectivity index (χ0n) is 11.3. The van der Waals surface area contributed by atoms with E-state index in [1.807, 2.05) is 13.8 Å². The van der Waals surface area contributed by atoms with Gasteiger partial charge in [-0.1, -0.05) is 6.07 Å². The third-order valence-corrected chi connectivity index (χ3v) is 3.21. The van der Waals surface area contributed by atoms with Crippen LogP contribution in [0.15, 0.2) is 18.2 Å². The standard InChI is InChI=1S/C14H20F2N2O/c1-14(2)9-18(8-11(6-17)19-14)7-10-3-4-12(15)13(16)5-10/h3-5,11H,6-9,17H2,1-2H3. The Labute approximate surface area is 112 Å². The molecule has 1 aromatic rings. The minimum Gasteiger partial charge on any atom is -0.368 e. The van der Waals surface area contributed by atoms with Crippen LogP contribution < -0.4 is 5.73 Å². The van der Waals surface area contributed by atoms with Crippen molar-refractivity contribution in [3.05, 3.63) is 35.4 Å². The minimum absolute atomic E-state index is 0.0194. The molecule has 0 bridgehead atoms. The number of ether oxygens (including phenoxy) is 1. The van der Waals surface area contributed by atoms with Crippen LogP contribution in [0.4, 0.5) is 8.78 Å². The maximum absolute atomic E-state index is 13.2. The van der Waals surface area contributed by atoms with Crippen LogP contribution in [0, 0.1) is 11.6 Å². The first kappa shape index (κ1) is 14.4. The SMILES string of the molecule is CC1(C)CN(Cc2ccc(F)c(F)c2)CC(CN)O1. The van der Waals surface area contributed by atoms with Gasteiger partial charge in [0.15, 0.2) is 11.6 Å². The molecule has 1 atom stereocenters. The summed E-state index contributed by atoms with van der Waals surface area (Å²) in [6.45, 7) is 6.49. The number of hydrogen-bond acceptors (Lipinski definition) is 3. The van der Waals surface area contributed by atoms with E-state index in [1.54, 1.807) is 6.07 Å². The van der Waals surface area contributed by atoms with E-state index in [0.717, 1.165) is 18.2 Å². The summed E-state index contributed by atoms with van der Waals surface area (Å²) in [5.41, 5.74) is 6.14. The average Bonchev–Trinajstić information content (AvgIpc) is 2.32. The third kappa shape index (κ3) is 3.72. The molecule has 0 spiro atoms. The van der Waals surface area contributed by atoms with Gasteiger partial charge in [0.1, 0.15) is 0 Å². The molecule has 2 rings (SSSR count). The van der Waals surface area contributed by atoms with Crippen LogP contribution >= 0.6 is 0 Å². The lowest BCUT2D eigenvalue weighted by molar-refractivity contribution is -0.133. The molecule has 5 heteroatoms. The van der Waals surface area contributed by atoms with E-state index >= 15 is 0 Å².